The molecule has 0 aliphatic heterocycles. The number of rotatable bonds is 2. The van der Waals surface area contributed by atoms with E-state index in [1.165, 1.54) is 11.7 Å². The highest BCUT2D eigenvalue weighted by Gasteiger charge is 2.02. The molecule has 5 nitrogen and oxygen atoms in total. The van der Waals surface area contributed by atoms with Crippen LogP contribution < -0.4 is 16.2 Å². The van der Waals surface area contributed by atoms with Crippen LogP contribution in [0.15, 0.2) is 10.9 Å². The van der Waals surface area contributed by atoms with Crippen LogP contribution in [0.3, 0.4) is 0 Å². The molecule has 0 atom stereocenters. The Hall–Kier alpha value is -1.36. The average molecular weight is 169 g/mol. The number of nitrogens with zero attached hydrogens (tertiary/aromatic N) is 2. The fourth-order valence-electron chi connectivity index (χ4n) is 0.864. The van der Waals surface area contributed by atoms with Crippen LogP contribution >= 0.6 is 0 Å². The Morgan fingerprint density at radius 3 is 2.92 bits per heavy atom. The van der Waals surface area contributed by atoms with E-state index in [2.05, 4.69) is 4.98 Å². The van der Waals surface area contributed by atoms with E-state index in [9.17, 15) is 4.79 Å². The minimum Gasteiger partial charge on any atom is -0.481 e. The average Bonchev–Trinajstić information content (AvgIpc) is 2.09. The number of hydrogen-bond donors (Lipinski definition) is 1. The van der Waals surface area contributed by atoms with Gasteiger partial charge in [0.1, 0.15) is 0 Å². The molecule has 0 amide bonds. The first-order valence-electron chi connectivity index (χ1n) is 3.50. The third-order valence-corrected chi connectivity index (χ3v) is 1.63. The van der Waals surface area contributed by atoms with Crippen molar-refractivity contribution in [3.05, 3.63) is 22.2 Å². The van der Waals surface area contributed by atoms with Crippen molar-refractivity contribution in [1.82, 2.24) is 9.55 Å². The van der Waals surface area contributed by atoms with Gasteiger partial charge in [-0.25, -0.2) is 4.79 Å². The van der Waals surface area contributed by atoms with Crippen molar-refractivity contribution in [2.45, 2.75) is 6.54 Å². The van der Waals surface area contributed by atoms with Crippen molar-refractivity contribution in [2.75, 3.05) is 7.11 Å². The highest BCUT2D eigenvalue weighted by Crippen LogP contribution is 2.03. The quantitative estimate of drug-likeness (QED) is 0.632. The summed E-state index contributed by atoms with van der Waals surface area (Å²) in [5.41, 5.74) is 5.75. The first-order valence-corrected chi connectivity index (χ1v) is 3.50. The number of ether oxygens (including phenoxy) is 1. The molecule has 0 unspecified atom stereocenters. The molecule has 1 heterocycles. The van der Waals surface area contributed by atoms with Crippen molar-refractivity contribution < 1.29 is 4.74 Å². The van der Waals surface area contributed by atoms with Gasteiger partial charge in [0.15, 0.2) is 0 Å². The molecule has 0 fully saturated rings. The zero-order valence-corrected chi connectivity index (χ0v) is 7.07. The van der Waals surface area contributed by atoms with E-state index in [4.69, 9.17) is 10.5 Å². The van der Waals surface area contributed by atoms with Crippen LogP contribution in [0.25, 0.3) is 0 Å². The summed E-state index contributed by atoms with van der Waals surface area (Å²) in [4.78, 5) is 14.7. The smallest absolute Gasteiger partial charge is 0.350 e. The molecule has 1 aromatic rings. The van der Waals surface area contributed by atoms with Crippen molar-refractivity contribution in [3.8, 4) is 5.88 Å². The highest BCUT2D eigenvalue weighted by atomic mass is 16.5. The van der Waals surface area contributed by atoms with Gasteiger partial charge in [0.2, 0.25) is 5.88 Å². The summed E-state index contributed by atoms with van der Waals surface area (Å²) in [6, 6.07) is 1.64. The Labute approximate surface area is 69.8 Å². The summed E-state index contributed by atoms with van der Waals surface area (Å²) < 4.78 is 6.20. The predicted octanol–water partition coefficient (Wildman–Crippen LogP) is -0.752. The highest BCUT2D eigenvalue weighted by molar-refractivity contribution is 5.14. The SMILES string of the molecule is COc1cc(CN)n(C)c(=O)n1. The van der Waals surface area contributed by atoms with Gasteiger partial charge in [-0.15, -0.1) is 0 Å². The molecule has 66 valence electrons. The van der Waals surface area contributed by atoms with Gasteiger partial charge in [-0.05, 0) is 0 Å². The second-order valence-electron chi connectivity index (χ2n) is 2.34. The molecule has 0 aliphatic carbocycles. The van der Waals surface area contributed by atoms with Crippen LogP contribution in [-0.4, -0.2) is 16.7 Å². The monoisotopic (exact) mass is 169 g/mol. The van der Waals surface area contributed by atoms with Crippen LogP contribution in [0, 0.1) is 0 Å². The molecule has 0 saturated carbocycles. The largest absolute Gasteiger partial charge is 0.481 e. The van der Waals surface area contributed by atoms with E-state index in [1.54, 1.807) is 13.1 Å². The molecule has 0 spiro atoms. The van der Waals surface area contributed by atoms with E-state index in [-0.39, 0.29) is 5.69 Å². The molecule has 0 bridgehead atoms. The van der Waals surface area contributed by atoms with Crippen LogP contribution in [0.4, 0.5) is 0 Å². The lowest BCUT2D eigenvalue weighted by molar-refractivity contribution is 0.391. The summed E-state index contributed by atoms with van der Waals surface area (Å²) in [6.07, 6.45) is 0. The van der Waals surface area contributed by atoms with Crippen molar-refractivity contribution >= 4 is 0 Å². The maximum absolute atomic E-state index is 11.1. The van der Waals surface area contributed by atoms with Gasteiger partial charge in [0.05, 0.1) is 7.11 Å². The molecule has 5 heteroatoms. The Morgan fingerprint density at radius 1 is 1.75 bits per heavy atom. The third kappa shape index (κ3) is 1.45. The number of aromatic nitrogens is 2. The molecule has 2 N–H and O–H groups in total. The van der Waals surface area contributed by atoms with Gasteiger partial charge >= 0.3 is 5.69 Å². The molecule has 0 saturated heterocycles. The summed E-state index contributed by atoms with van der Waals surface area (Å²) in [6.45, 7) is 0.296. The Bertz CT molecular complexity index is 332. The zero-order chi connectivity index (χ0) is 9.14. The number of methoxy groups -OCH3 is 1. The first-order chi connectivity index (χ1) is 5.69. The van der Waals surface area contributed by atoms with Gasteiger partial charge < -0.3 is 10.5 Å². The van der Waals surface area contributed by atoms with Gasteiger partial charge in [-0.2, -0.15) is 4.98 Å². The van der Waals surface area contributed by atoms with Gasteiger partial charge in [0.25, 0.3) is 0 Å². The zero-order valence-electron chi connectivity index (χ0n) is 7.07. The van der Waals surface area contributed by atoms with E-state index < -0.39 is 0 Å². The van der Waals surface area contributed by atoms with Crippen molar-refractivity contribution in [3.63, 3.8) is 0 Å². The number of nitrogens with two attached hydrogens (primary N) is 1. The van der Waals surface area contributed by atoms with E-state index in [0.29, 0.717) is 18.1 Å². The lowest BCUT2D eigenvalue weighted by Gasteiger charge is -2.05. The standard InChI is InChI=1S/C7H11N3O2/c1-10-5(4-8)3-6(12-2)9-7(10)11/h3H,4,8H2,1-2H3. The van der Waals surface area contributed by atoms with Crippen LogP contribution in [0.2, 0.25) is 0 Å². The lowest BCUT2D eigenvalue weighted by Crippen LogP contribution is -2.24. The van der Waals surface area contributed by atoms with Crippen LogP contribution in [-0.2, 0) is 13.6 Å². The van der Waals surface area contributed by atoms with Crippen LogP contribution in [0.1, 0.15) is 5.69 Å². The second-order valence-corrected chi connectivity index (χ2v) is 2.34. The molecule has 12 heavy (non-hydrogen) atoms. The van der Waals surface area contributed by atoms with Crippen LogP contribution in [0.5, 0.6) is 5.88 Å². The maximum Gasteiger partial charge on any atom is 0.350 e. The first kappa shape index (κ1) is 8.73. The van der Waals surface area contributed by atoms with Gasteiger partial charge in [0, 0.05) is 25.4 Å². The summed E-state index contributed by atoms with van der Waals surface area (Å²) in [5, 5.41) is 0. The topological polar surface area (TPSA) is 70.1 Å². The van der Waals surface area contributed by atoms with Gasteiger partial charge in [-0.1, -0.05) is 0 Å². The number of hydrogen-bond acceptors (Lipinski definition) is 4. The Morgan fingerprint density at radius 2 is 2.42 bits per heavy atom. The molecular weight excluding hydrogens is 158 g/mol. The second kappa shape index (κ2) is 3.36. The minimum absolute atomic E-state index is 0.296. The van der Waals surface area contributed by atoms with Gasteiger partial charge in [-0.3, -0.25) is 4.57 Å². The van der Waals surface area contributed by atoms with E-state index in [0.717, 1.165) is 0 Å². The molecule has 1 rings (SSSR count). The summed E-state index contributed by atoms with van der Waals surface area (Å²) in [5.74, 6) is 0.304. The summed E-state index contributed by atoms with van der Waals surface area (Å²) in [7, 11) is 3.08. The lowest BCUT2D eigenvalue weighted by atomic mass is 10.4. The molecule has 1 aromatic heterocycles. The molecule has 0 radical (unpaired) electrons. The fourth-order valence-corrected chi connectivity index (χ4v) is 0.864. The molecule has 0 aromatic carbocycles. The molecule has 0 aliphatic rings. The van der Waals surface area contributed by atoms with E-state index >= 15 is 0 Å². The van der Waals surface area contributed by atoms with Crippen molar-refractivity contribution in [1.29, 1.82) is 0 Å². The third-order valence-electron chi connectivity index (χ3n) is 1.63. The predicted molar refractivity (Wildman–Crippen MR) is 43.9 cm³/mol. The minimum atomic E-state index is -0.352. The Kier molecular flexibility index (Phi) is 2.44. The normalized spacial score (nSPS) is 9.92. The fraction of sp³-hybridized carbons (Fsp3) is 0.429. The van der Waals surface area contributed by atoms with Crippen molar-refractivity contribution in [2.24, 2.45) is 12.8 Å². The summed E-state index contributed by atoms with van der Waals surface area (Å²) >= 11 is 0. The van der Waals surface area contributed by atoms with E-state index in [1.807, 2.05) is 0 Å². The molecular formula is C7H11N3O2. The Balaban J connectivity index is 3.29. The maximum atomic E-state index is 11.1.